The second kappa shape index (κ2) is 11.1. The van der Waals surface area contributed by atoms with Gasteiger partial charge in [-0.25, -0.2) is 0 Å². The molecule has 0 radical (unpaired) electrons. The highest BCUT2D eigenvalue weighted by Gasteiger charge is 2.33. The molecule has 0 bridgehead atoms. The van der Waals surface area contributed by atoms with Crippen molar-refractivity contribution in [1.29, 1.82) is 0 Å². The van der Waals surface area contributed by atoms with Crippen molar-refractivity contribution in [1.82, 2.24) is 10.6 Å². The Morgan fingerprint density at radius 2 is 2.07 bits per heavy atom. The number of thiophene rings is 1. The number of piperidine rings is 1. The Balaban J connectivity index is 1.52. The van der Waals surface area contributed by atoms with Crippen LogP contribution in [0.25, 0.3) is 0 Å². The second-order valence-corrected chi connectivity index (χ2v) is 9.13. The van der Waals surface area contributed by atoms with E-state index in [9.17, 15) is 0 Å². The molecule has 0 unspecified atom stereocenters. The maximum absolute atomic E-state index is 5.65. The lowest BCUT2D eigenvalue weighted by molar-refractivity contribution is 0.107. The predicted molar refractivity (Wildman–Crippen MR) is 121 cm³/mol. The van der Waals surface area contributed by atoms with E-state index in [2.05, 4.69) is 46.9 Å². The Morgan fingerprint density at radius 1 is 1.29 bits per heavy atom. The third kappa shape index (κ3) is 6.11. The van der Waals surface area contributed by atoms with Gasteiger partial charge < -0.3 is 20.3 Å². The summed E-state index contributed by atoms with van der Waals surface area (Å²) in [6.45, 7) is 9.99. The van der Waals surface area contributed by atoms with Crippen LogP contribution in [0.2, 0.25) is 0 Å². The van der Waals surface area contributed by atoms with Crippen LogP contribution in [0, 0.1) is 5.41 Å². The third-order valence-corrected chi connectivity index (χ3v) is 7.14. The van der Waals surface area contributed by atoms with Crippen LogP contribution in [0.3, 0.4) is 0 Å². The van der Waals surface area contributed by atoms with Crippen molar-refractivity contribution in [2.75, 3.05) is 44.3 Å². The van der Waals surface area contributed by atoms with Crippen LogP contribution in [0.15, 0.2) is 22.5 Å². The highest BCUT2D eigenvalue weighted by atomic mass is 32.1. The second-order valence-electron chi connectivity index (χ2n) is 8.21. The molecular formula is C22H38N4OS. The highest BCUT2D eigenvalue weighted by molar-refractivity contribution is 7.14. The number of hydrogen-bond acceptors (Lipinski definition) is 4. The van der Waals surface area contributed by atoms with Gasteiger partial charge in [-0.05, 0) is 68.9 Å². The topological polar surface area (TPSA) is 48.9 Å². The van der Waals surface area contributed by atoms with Gasteiger partial charge in [-0.15, -0.1) is 11.3 Å². The summed E-state index contributed by atoms with van der Waals surface area (Å²) in [6.07, 6.45) is 8.74. The summed E-state index contributed by atoms with van der Waals surface area (Å²) in [5.41, 5.74) is 0.347. The van der Waals surface area contributed by atoms with E-state index in [0.717, 1.165) is 64.6 Å². The number of anilines is 1. The number of hydrogen-bond donors (Lipinski definition) is 2. The molecule has 1 saturated carbocycles. The molecule has 2 heterocycles. The molecule has 2 fully saturated rings. The Bertz CT molecular complexity index is 575. The molecule has 158 valence electrons. The van der Waals surface area contributed by atoms with E-state index >= 15 is 0 Å². The minimum absolute atomic E-state index is 0.347. The first-order valence-corrected chi connectivity index (χ1v) is 12.0. The van der Waals surface area contributed by atoms with Crippen LogP contribution in [0.4, 0.5) is 5.00 Å². The molecule has 0 aromatic carbocycles. The van der Waals surface area contributed by atoms with Crippen molar-refractivity contribution >= 4 is 22.3 Å². The molecule has 1 aromatic rings. The van der Waals surface area contributed by atoms with Gasteiger partial charge in [-0.1, -0.05) is 12.8 Å². The lowest BCUT2D eigenvalue weighted by Gasteiger charge is -2.34. The van der Waals surface area contributed by atoms with Crippen LogP contribution in [-0.4, -0.2) is 51.4 Å². The molecule has 0 amide bonds. The molecule has 28 heavy (non-hydrogen) atoms. The molecule has 0 spiro atoms. The third-order valence-electron chi connectivity index (χ3n) is 6.22. The van der Waals surface area contributed by atoms with Crippen LogP contribution < -0.4 is 15.5 Å². The van der Waals surface area contributed by atoms with Crippen molar-refractivity contribution in [3.8, 4) is 0 Å². The first-order valence-electron chi connectivity index (χ1n) is 11.2. The van der Waals surface area contributed by atoms with E-state index in [1.807, 2.05) is 11.3 Å². The molecule has 1 aliphatic carbocycles. The molecule has 1 aromatic heterocycles. The summed E-state index contributed by atoms with van der Waals surface area (Å²) in [5.74, 6) is 1.000. The molecular weight excluding hydrogens is 368 g/mol. The number of nitrogens with one attached hydrogen (secondary N) is 2. The van der Waals surface area contributed by atoms with Gasteiger partial charge in [0, 0.05) is 45.4 Å². The summed E-state index contributed by atoms with van der Waals surface area (Å²) < 4.78 is 5.65. The molecule has 2 aliphatic rings. The van der Waals surface area contributed by atoms with Gasteiger partial charge in [0.15, 0.2) is 5.96 Å². The zero-order valence-corrected chi connectivity index (χ0v) is 18.5. The Kier molecular flexibility index (Phi) is 8.46. The van der Waals surface area contributed by atoms with E-state index in [1.165, 1.54) is 30.7 Å². The number of guanidine groups is 1. The fourth-order valence-electron chi connectivity index (χ4n) is 4.50. The number of nitrogens with zero attached hydrogens (tertiary/aromatic N) is 2. The molecule has 3 rings (SSSR count). The first-order chi connectivity index (χ1) is 13.7. The van der Waals surface area contributed by atoms with Gasteiger partial charge in [-0.3, -0.25) is 4.99 Å². The smallest absolute Gasteiger partial charge is 0.191 e. The summed E-state index contributed by atoms with van der Waals surface area (Å²) >= 11 is 1.84. The highest BCUT2D eigenvalue weighted by Crippen LogP contribution is 2.41. The SMILES string of the molecule is CCNC(=NCC1(CCOCC)CCCC1)NC1CCN(c2cccs2)CC1. The van der Waals surface area contributed by atoms with Crippen LogP contribution in [-0.2, 0) is 4.74 Å². The van der Waals surface area contributed by atoms with E-state index in [-0.39, 0.29) is 0 Å². The van der Waals surface area contributed by atoms with E-state index in [1.54, 1.807) is 0 Å². The average Bonchev–Trinajstić information content (AvgIpc) is 3.40. The van der Waals surface area contributed by atoms with Crippen molar-refractivity contribution in [3.05, 3.63) is 17.5 Å². The summed E-state index contributed by atoms with van der Waals surface area (Å²) in [4.78, 5) is 7.54. The van der Waals surface area contributed by atoms with Gasteiger partial charge >= 0.3 is 0 Å². The number of ether oxygens (including phenoxy) is 1. The van der Waals surface area contributed by atoms with E-state index < -0.39 is 0 Å². The van der Waals surface area contributed by atoms with Crippen molar-refractivity contribution in [2.45, 2.75) is 64.8 Å². The largest absolute Gasteiger partial charge is 0.382 e. The lowest BCUT2D eigenvalue weighted by Crippen LogP contribution is -2.49. The molecule has 6 heteroatoms. The maximum atomic E-state index is 5.65. The zero-order chi connectivity index (χ0) is 19.7. The van der Waals surface area contributed by atoms with Gasteiger partial charge in [0.05, 0.1) is 5.00 Å². The van der Waals surface area contributed by atoms with Crippen molar-refractivity contribution in [2.24, 2.45) is 10.4 Å². The summed E-state index contributed by atoms with van der Waals surface area (Å²) in [6, 6.07) is 4.88. The fourth-order valence-corrected chi connectivity index (χ4v) is 5.28. The minimum Gasteiger partial charge on any atom is -0.382 e. The summed E-state index contributed by atoms with van der Waals surface area (Å²) in [7, 11) is 0. The van der Waals surface area contributed by atoms with Gasteiger partial charge in [-0.2, -0.15) is 0 Å². The minimum atomic E-state index is 0.347. The molecule has 5 nitrogen and oxygen atoms in total. The fraction of sp³-hybridized carbons (Fsp3) is 0.773. The number of rotatable bonds is 9. The summed E-state index contributed by atoms with van der Waals surface area (Å²) in [5, 5.41) is 10.8. The Hall–Kier alpha value is -1.27. The Labute approximate surface area is 174 Å². The standard InChI is InChI=1S/C22H38N4OS/c1-3-23-21(24-18-22(11-5-6-12-22)13-16-27-4-2)25-19-9-14-26(15-10-19)20-8-7-17-28-20/h7-8,17,19H,3-6,9-16,18H2,1-2H3,(H2,23,24,25). The first kappa shape index (κ1) is 21.4. The van der Waals surface area contributed by atoms with E-state index in [0.29, 0.717) is 11.5 Å². The lowest BCUT2D eigenvalue weighted by atomic mass is 9.83. The zero-order valence-electron chi connectivity index (χ0n) is 17.7. The maximum Gasteiger partial charge on any atom is 0.191 e. The predicted octanol–water partition coefficient (Wildman–Crippen LogP) is 4.26. The molecule has 0 atom stereocenters. The van der Waals surface area contributed by atoms with Crippen molar-refractivity contribution in [3.63, 3.8) is 0 Å². The molecule has 1 saturated heterocycles. The van der Waals surface area contributed by atoms with Gasteiger partial charge in [0.2, 0.25) is 0 Å². The van der Waals surface area contributed by atoms with Gasteiger partial charge in [0.25, 0.3) is 0 Å². The van der Waals surface area contributed by atoms with Gasteiger partial charge in [0.1, 0.15) is 0 Å². The number of aliphatic imine (C=N–C) groups is 1. The quantitative estimate of drug-likeness (QED) is 0.365. The van der Waals surface area contributed by atoms with Crippen LogP contribution >= 0.6 is 11.3 Å². The monoisotopic (exact) mass is 406 g/mol. The molecule has 1 aliphatic heterocycles. The normalized spacial score (nSPS) is 20.5. The average molecular weight is 407 g/mol. The Morgan fingerprint density at radius 3 is 2.71 bits per heavy atom. The molecule has 2 N–H and O–H groups in total. The van der Waals surface area contributed by atoms with Crippen LogP contribution in [0.5, 0.6) is 0 Å². The van der Waals surface area contributed by atoms with Crippen molar-refractivity contribution < 1.29 is 4.74 Å². The van der Waals surface area contributed by atoms with Crippen LogP contribution in [0.1, 0.15) is 58.8 Å². The van der Waals surface area contributed by atoms with E-state index in [4.69, 9.17) is 9.73 Å².